The van der Waals surface area contributed by atoms with E-state index in [9.17, 15) is 9.59 Å². The summed E-state index contributed by atoms with van der Waals surface area (Å²) in [4.78, 5) is 26.8. The maximum atomic E-state index is 12.6. The predicted molar refractivity (Wildman–Crippen MR) is 94.5 cm³/mol. The largest absolute Gasteiger partial charge is 0.354 e. The Bertz CT molecular complexity index is 551. The number of carbonyl (C=O) groups excluding carboxylic acids is 2. The Morgan fingerprint density at radius 3 is 2.30 bits per heavy atom. The Kier molecular flexibility index (Phi) is 6.76. The standard InChI is InChI=1S/C18H29N3O2/c1-13(2)14-9-7-8-10-15(14)20-17(23)18(3,4)16(22)19-11-12-21(5)6/h7-10,13H,11-12H2,1-6H3,(H,19,22)(H,20,23). The molecule has 0 spiro atoms. The minimum atomic E-state index is -1.13. The first-order valence-corrected chi connectivity index (χ1v) is 7.99. The number of nitrogens with zero attached hydrogens (tertiary/aromatic N) is 1. The van der Waals surface area contributed by atoms with Crippen LogP contribution in [0.25, 0.3) is 0 Å². The first-order valence-electron chi connectivity index (χ1n) is 7.99. The van der Waals surface area contributed by atoms with Crippen LogP contribution in [-0.2, 0) is 9.59 Å². The van der Waals surface area contributed by atoms with Crippen LogP contribution < -0.4 is 10.6 Å². The summed E-state index contributed by atoms with van der Waals surface area (Å²) >= 11 is 0. The molecule has 0 aliphatic carbocycles. The van der Waals surface area contributed by atoms with E-state index in [-0.39, 0.29) is 11.8 Å². The molecule has 0 radical (unpaired) electrons. The molecule has 1 aromatic carbocycles. The van der Waals surface area contributed by atoms with Crippen molar-refractivity contribution >= 4 is 17.5 Å². The fourth-order valence-electron chi connectivity index (χ4n) is 2.11. The summed E-state index contributed by atoms with van der Waals surface area (Å²) in [5, 5.41) is 5.72. The summed E-state index contributed by atoms with van der Waals surface area (Å²) in [6, 6.07) is 7.69. The molecule has 1 rings (SSSR count). The minimum Gasteiger partial charge on any atom is -0.354 e. The number of amides is 2. The Morgan fingerprint density at radius 1 is 1.13 bits per heavy atom. The number of hydrogen-bond acceptors (Lipinski definition) is 3. The topological polar surface area (TPSA) is 61.4 Å². The molecule has 0 fully saturated rings. The summed E-state index contributed by atoms with van der Waals surface area (Å²) in [7, 11) is 3.87. The lowest BCUT2D eigenvalue weighted by Crippen LogP contribution is -2.46. The minimum absolute atomic E-state index is 0.265. The van der Waals surface area contributed by atoms with Crippen molar-refractivity contribution in [2.24, 2.45) is 5.41 Å². The van der Waals surface area contributed by atoms with Crippen LogP contribution in [0.1, 0.15) is 39.2 Å². The van der Waals surface area contributed by atoms with Crippen LogP contribution in [0.5, 0.6) is 0 Å². The summed E-state index contributed by atoms with van der Waals surface area (Å²) in [6.07, 6.45) is 0. The highest BCUT2D eigenvalue weighted by molar-refractivity contribution is 6.10. The zero-order valence-corrected chi connectivity index (χ0v) is 15.1. The second kappa shape index (κ2) is 8.11. The third-order valence-electron chi connectivity index (χ3n) is 3.81. The summed E-state index contributed by atoms with van der Waals surface area (Å²) in [5.74, 6) is -0.268. The molecule has 0 aliphatic rings. The molecule has 2 amide bonds. The van der Waals surface area contributed by atoms with Gasteiger partial charge in [0.2, 0.25) is 11.8 Å². The van der Waals surface area contributed by atoms with Gasteiger partial charge < -0.3 is 15.5 Å². The molecular formula is C18H29N3O2. The molecule has 1 aromatic rings. The van der Waals surface area contributed by atoms with Crippen LogP contribution in [0, 0.1) is 5.41 Å². The highest BCUT2D eigenvalue weighted by atomic mass is 16.2. The molecule has 128 valence electrons. The van der Waals surface area contributed by atoms with Crippen molar-refractivity contribution in [1.82, 2.24) is 10.2 Å². The molecule has 23 heavy (non-hydrogen) atoms. The van der Waals surface area contributed by atoms with E-state index < -0.39 is 5.41 Å². The van der Waals surface area contributed by atoms with Gasteiger partial charge in [0.1, 0.15) is 5.41 Å². The number of anilines is 1. The lowest BCUT2D eigenvalue weighted by atomic mass is 9.90. The molecular weight excluding hydrogens is 290 g/mol. The van der Waals surface area contributed by atoms with Crippen molar-refractivity contribution in [2.45, 2.75) is 33.6 Å². The van der Waals surface area contributed by atoms with E-state index in [1.54, 1.807) is 13.8 Å². The van der Waals surface area contributed by atoms with Gasteiger partial charge in [-0.1, -0.05) is 32.0 Å². The van der Waals surface area contributed by atoms with Crippen molar-refractivity contribution in [3.8, 4) is 0 Å². The second-order valence-electron chi connectivity index (χ2n) is 6.88. The van der Waals surface area contributed by atoms with Crippen LogP contribution in [-0.4, -0.2) is 43.9 Å². The zero-order valence-electron chi connectivity index (χ0n) is 15.1. The van der Waals surface area contributed by atoms with Gasteiger partial charge in [-0.05, 0) is 45.5 Å². The van der Waals surface area contributed by atoms with Crippen LogP contribution >= 0.6 is 0 Å². The number of hydrogen-bond donors (Lipinski definition) is 2. The predicted octanol–water partition coefficient (Wildman–Crippen LogP) is 2.45. The number of likely N-dealkylation sites (N-methyl/N-ethyl adjacent to an activating group) is 1. The van der Waals surface area contributed by atoms with Crippen molar-refractivity contribution in [3.05, 3.63) is 29.8 Å². The van der Waals surface area contributed by atoms with Gasteiger partial charge in [-0.15, -0.1) is 0 Å². The number of rotatable bonds is 7. The van der Waals surface area contributed by atoms with Gasteiger partial charge in [0.25, 0.3) is 0 Å². The van der Waals surface area contributed by atoms with Gasteiger partial charge in [0.15, 0.2) is 0 Å². The van der Waals surface area contributed by atoms with Gasteiger partial charge in [0.05, 0.1) is 0 Å². The SMILES string of the molecule is CC(C)c1ccccc1NC(=O)C(C)(C)C(=O)NCCN(C)C. The molecule has 0 aliphatic heterocycles. The molecule has 0 saturated heterocycles. The summed E-state index contributed by atoms with van der Waals surface area (Å²) < 4.78 is 0. The van der Waals surface area contributed by atoms with Crippen LogP contribution in [0.4, 0.5) is 5.69 Å². The normalized spacial score (nSPS) is 11.7. The van der Waals surface area contributed by atoms with Crippen LogP contribution in [0.15, 0.2) is 24.3 Å². The van der Waals surface area contributed by atoms with Crippen LogP contribution in [0.3, 0.4) is 0 Å². The van der Waals surface area contributed by atoms with E-state index in [0.717, 1.165) is 17.8 Å². The average Bonchev–Trinajstić information content (AvgIpc) is 2.46. The van der Waals surface area contributed by atoms with E-state index in [0.29, 0.717) is 12.5 Å². The lowest BCUT2D eigenvalue weighted by Gasteiger charge is -2.24. The van der Waals surface area contributed by atoms with Crippen molar-refractivity contribution in [2.75, 3.05) is 32.5 Å². The van der Waals surface area contributed by atoms with Gasteiger partial charge in [-0.3, -0.25) is 9.59 Å². The monoisotopic (exact) mass is 319 g/mol. The fraction of sp³-hybridized carbons (Fsp3) is 0.556. The number of carbonyl (C=O) groups is 2. The smallest absolute Gasteiger partial charge is 0.239 e. The highest BCUT2D eigenvalue weighted by Crippen LogP contribution is 2.26. The zero-order chi connectivity index (χ0) is 17.6. The average molecular weight is 319 g/mol. The maximum Gasteiger partial charge on any atom is 0.239 e. The van der Waals surface area contributed by atoms with E-state index in [1.165, 1.54) is 0 Å². The molecule has 0 saturated carbocycles. The second-order valence-corrected chi connectivity index (χ2v) is 6.88. The Morgan fingerprint density at radius 2 is 1.74 bits per heavy atom. The molecule has 5 nitrogen and oxygen atoms in total. The van der Waals surface area contributed by atoms with Crippen molar-refractivity contribution in [3.63, 3.8) is 0 Å². The van der Waals surface area contributed by atoms with E-state index in [2.05, 4.69) is 24.5 Å². The maximum absolute atomic E-state index is 12.6. The van der Waals surface area contributed by atoms with Gasteiger partial charge in [0, 0.05) is 18.8 Å². The molecule has 5 heteroatoms. The van der Waals surface area contributed by atoms with E-state index in [4.69, 9.17) is 0 Å². The van der Waals surface area contributed by atoms with E-state index >= 15 is 0 Å². The fourth-order valence-corrected chi connectivity index (χ4v) is 2.11. The third kappa shape index (κ3) is 5.36. The highest BCUT2D eigenvalue weighted by Gasteiger charge is 2.36. The lowest BCUT2D eigenvalue weighted by molar-refractivity contribution is -0.138. The first-order chi connectivity index (χ1) is 10.7. The summed E-state index contributed by atoms with van der Waals surface area (Å²) in [5.41, 5.74) is 0.697. The van der Waals surface area contributed by atoms with Gasteiger partial charge >= 0.3 is 0 Å². The Hall–Kier alpha value is -1.88. The molecule has 2 N–H and O–H groups in total. The van der Waals surface area contributed by atoms with Crippen molar-refractivity contribution < 1.29 is 9.59 Å². The number of nitrogens with one attached hydrogen (secondary N) is 2. The quantitative estimate of drug-likeness (QED) is 0.759. The number of benzene rings is 1. The summed E-state index contributed by atoms with van der Waals surface area (Å²) in [6.45, 7) is 8.69. The van der Waals surface area contributed by atoms with E-state index in [1.807, 2.05) is 43.3 Å². The number of para-hydroxylation sites is 1. The van der Waals surface area contributed by atoms with Gasteiger partial charge in [-0.25, -0.2) is 0 Å². The third-order valence-corrected chi connectivity index (χ3v) is 3.81. The van der Waals surface area contributed by atoms with Gasteiger partial charge in [-0.2, -0.15) is 0 Å². The molecule has 0 bridgehead atoms. The molecule has 0 heterocycles. The molecule has 0 unspecified atom stereocenters. The molecule has 0 atom stereocenters. The first kappa shape index (κ1) is 19.2. The Balaban J connectivity index is 2.77. The van der Waals surface area contributed by atoms with Crippen molar-refractivity contribution in [1.29, 1.82) is 0 Å². The van der Waals surface area contributed by atoms with Crippen LogP contribution in [0.2, 0.25) is 0 Å². The Labute approximate surface area is 139 Å². The molecule has 0 aromatic heterocycles.